The molecule has 1 aliphatic rings. The molecule has 0 spiro atoms. The lowest BCUT2D eigenvalue weighted by Gasteiger charge is -2.29. The topological polar surface area (TPSA) is 38.1 Å². The van der Waals surface area contributed by atoms with Crippen molar-refractivity contribution in [2.75, 3.05) is 6.54 Å². The van der Waals surface area contributed by atoms with Crippen molar-refractivity contribution in [2.45, 2.75) is 19.4 Å². The van der Waals surface area contributed by atoms with Crippen molar-refractivity contribution in [3.05, 3.63) is 65.5 Å². The number of carbonyl (C=O) groups is 1. The van der Waals surface area contributed by atoms with Crippen LogP contribution in [0.1, 0.15) is 16.7 Å². The predicted molar refractivity (Wildman–Crippen MR) is 90.0 cm³/mol. The summed E-state index contributed by atoms with van der Waals surface area (Å²) in [6, 6.07) is 14.5. The van der Waals surface area contributed by atoms with Gasteiger partial charge in [-0.05, 0) is 35.2 Å². The molecule has 4 nitrogen and oxygen atoms in total. The van der Waals surface area contributed by atoms with Gasteiger partial charge < -0.3 is 9.47 Å². The van der Waals surface area contributed by atoms with Crippen molar-refractivity contribution in [3.8, 4) is 0 Å². The highest BCUT2D eigenvalue weighted by Gasteiger charge is 2.20. The molecule has 1 aliphatic heterocycles. The number of nitrogens with zero attached hydrogens (tertiary/aromatic N) is 3. The van der Waals surface area contributed by atoms with Crippen LogP contribution in [0, 0.1) is 0 Å². The van der Waals surface area contributed by atoms with Gasteiger partial charge in [-0.3, -0.25) is 4.79 Å². The lowest BCUT2D eigenvalue weighted by Crippen LogP contribution is -2.36. The Bertz CT molecular complexity index is 881. The smallest absolute Gasteiger partial charge is 0.227 e. The molecule has 0 bridgehead atoms. The van der Waals surface area contributed by atoms with Crippen LogP contribution >= 0.6 is 0 Å². The molecule has 1 aromatic heterocycles. The Kier molecular flexibility index (Phi) is 3.37. The molecule has 0 atom stereocenters. The minimum atomic E-state index is 0.190. The number of aromatic nitrogens is 2. The molecule has 0 fully saturated rings. The largest absolute Gasteiger partial charge is 0.338 e. The molecule has 0 saturated heterocycles. The maximum atomic E-state index is 12.6. The molecule has 0 aliphatic carbocycles. The summed E-state index contributed by atoms with van der Waals surface area (Å²) in [5.41, 5.74) is 5.70. The van der Waals surface area contributed by atoms with Crippen LogP contribution in [0.3, 0.4) is 0 Å². The summed E-state index contributed by atoms with van der Waals surface area (Å²) < 4.78 is 1.99. The molecule has 3 aromatic rings. The molecule has 0 saturated carbocycles. The number of rotatable bonds is 2. The van der Waals surface area contributed by atoms with Crippen molar-refractivity contribution < 1.29 is 4.79 Å². The van der Waals surface area contributed by atoms with E-state index >= 15 is 0 Å². The molecule has 4 heteroatoms. The maximum absolute atomic E-state index is 12.6. The summed E-state index contributed by atoms with van der Waals surface area (Å²) in [7, 11) is 1.98. The van der Waals surface area contributed by atoms with Crippen LogP contribution < -0.4 is 0 Å². The molecule has 23 heavy (non-hydrogen) atoms. The second-order valence-electron chi connectivity index (χ2n) is 6.19. The number of benzene rings is 2. The van der Waals surface area contributed by atoms with Gasteiger partial charge in [-0.1, -0.05) is 30.3 Å². The van der Waals surface area contributed by atoms with Crippen molar-refractivity contribution in [1.29, 1.82) is 0 Å². The molecule has 0 N–H and O–H groups in total. The van der Waals surface area contributed by atoms with E-state index in [1.165, 1.54) is 11.1 Å². The number of carbonyl (C=O) groups excluding carboxylic acids is 1. The van der Waals surface area contributed by atoms with Gasteiger partial charge in [0.2, 0.25) is 5.91 Å². The lowest BCUT2D eigenvalue weighted by molar-refractivity contribution is -0.131. The third kappa shape index (κ3) is 2.61. The molecule has 4 rings (SSSR count). The fourth-order valence-electron chi connectivity index (χ4n) is 3.29. The van der Waals surface area contributed by atoms with Gasteiger partial charge >= 0.3 is 0 Å². The average molecular weight is 305 g/mol. The summed E-state index contributed by atoms with van der Waals surface area (Å²) in [4.78, 5) is 18.9. The van der Waals surface area contributed by atoms with E-state index < -0.39 is 0 Å². The van der Waals surface area contributed by atoms with Crippen LogP contribution in [0.5, 0.6) is 0 Å². The molecule has 0 unspecified atom stereocenters. The predicted octanol–water partition coefficient (Wildman–Crippen LogP) is 2.70. The molecule has 0 radical (unpaired) electrons. The van der Waals surface area contributed by atoms with Gasteiger partial charge in [-0.15, -0.1) is 0 Å². The number of aryl methyl sites for hydroxylation is 1. The van der Waals surface area contributed by atoms with Crippen molar-refractivity contribution >= 4 is 16.9 Å². The van der Waals surface area contributed by atoms with E-state index in [1.54, 1.807) is 6.33 Å². The standard InChI is InChI=1S/C19H19N3O/c1-21-13-20-17-10-14(6-7-18(17)21)11-19(23)22-9-8-15-4-2-3-5-16(15)12-22/h2-7,10,13H,8-9,11-12H2,1H3. The Labute approximate surface area is 135 Å². The quantitative estimate of drug-likeness (QED) is 0.730. The summed E-state index contributed by atoms with van der Waals surface area (Å²) >= 11 is 0. The highest BCUT2D eigenvalue weighted by atomic mass is 16.2. The third-order valence-corrected chi connectivity index (χ3v) is 4.63. The van der Waals surface area contributed by atoms with Crippen LogP contribution in [0.4, 0.5) is 0 Å². The molecule has 1 amide bonds. The van der Waals surface area contributed by atoms with Gasteiger partial charge in [0.25, 0.3) is 0 Å². The number of fused-ring (bicyclic) bond motifs is 2. The SMILES string of the molecule is Cn1cnc2cc(CC(=O)N3CCc4ccccc4C3)ccc21. The van der Waals surface area contributed by atoms with E-state index in [2.05, 4.69) is 23.2 Å². The zero-order valence-corrected chi connectivity index (χ0v) is 13.2. The van der Waals surface area contributed by atoms with Crippen LogP contribution in [0.15, 0.2) is 48.8 Å². The zero-order chi connectivity index (χ0) is 15.8. The fourth-order valence-corrected chi connectivity index (χ4v) is 3.29. The highest BCUT2D eigenvalue weighted by molar-refractivity contribution is 5.82. The Balaban J connectivity index is 1.51. The van der Waals surface area contributed by atoms with E-state index in [4.69, 9.17) is 0 Å². The molecule has 2 aromatic carbocycles. The van der Waals surface area contributed by atoms with E-state index in [0.29, 0.717) is 6.42 Å². The number of imidazole rings is 1. The van der Waals surface area contributed by atoms with Gasteiger partial charge in [0.1, 0.15) is 0 Å². The highest BCUT2D eigenvalue weighted by Crippen LogP contribution is 2.20. The zero-order valence-electron chi connectivity index (χ0n) is 13.2. The first-order chi connectivity index (χ1) is 11.2. The third-order valence-electron chi connectivity index (χ3n) is 4.63. The first-order valence-corrected chi connectivity index (χ1v) is 7.95. The van der Waals surface area contributed by atoms with E-state index in [-0.39, 0.29) is 5.91 Å². The number of amides is 1. The second-order valence-corrected chi connectivity index (χ2v) is 6.19. The van der Waals surface area contributed by atoms with Crippen LogP contribution in [0.25, 0.3) is 11.0 Å². The van der Waals surface area contributed by atoms with E-state index in [9.17, 15) is 4.79 Å². The lowest BCUT2D eigenvalue weighted by atomic mass is 9.99. The summed E-state index contributed by atoms with van der Waals surface area (Å²) in [5, 5.41) is 0. The van der Waals surface area contributed by atoms with Crippen LogP contribution in [-0.4, -0.2) is 26.9 Å². The van der Waals surface area contributed by atoms with Gasteiger partial charge in [0.05, 0.1) is 23.8 Å². The van der Waals surface area contributed by atoms with Crippen molar-refractivity contribution in [1.82, 2.24) is 14.5 Å². The molecule has 116 valence electrons. The Hall–Kier alpha value is -2.62. The van der Waals surface area contributed by atoms with Gasteiger partial charge in [0.15, 0.2) is 0 Å². The average Bonchev–Trinajstić information content (AvgIpc) is 2.95. The Morgan fingerprint density at radius 2 is 2.00 bits per heavy atom. The summed E-state index contributed by atoms with van der Waals surface area (Å²) in [6.07, 6.45) is 3.19. The number of hydrogen-bond donors (Lipinski definition) is 0. The first-order valence-electron chi connectivity index (χ1n) is 7.95. The van der Waals surface area contributed by atoms with Gasteiger partial charge in [-0.2, -0.15) is 0 Å². The maximum Gasteiger partial charge on any atom is 0.227 e. The Morgan fingerprint density at radius 3 is 2.87 bits per heavy atom. The van der Waals surface area contributed by atoms with Gasteiger partial charge in [-0.25, -0.2) is 4.98 Å². The minimum Gasteiger partial charge on any atom is -0.338 e. The molecule has 2 heterocycles. The fraction of sp³-hybridized carbons (Fsp3) is 0.263. The van der Waals surface area contributed by atoms with Crippen LogP contribution in [-0.2, 0) is 31.2 Å². The van der Waals surface area contributed by atoms with Gasteiger partial charge in [0, 0.05) is 20.1 Å². The molecular weight excluding hydrogens is 286 g/mol. The summed E-state index contributed by atoms with van der Waals surface area (Å²) in [6.45, 7) is 1.53. The Morgan fingerprint density at radius 1 is 1.17 bits per heavy atom. The first kappa shape index (κ1) is 14.0. The van der Waals surface area contributed by atoms with Crippen LogP contribution in [0.2, 0.25) is 0 Å². The normalized spacial score (nSPS) is 14.0. The van der Waals surface area contributed by atoms with E-state index in [1.807, 2.05) is 40.8 Å². The van der Waals surface area contributed by atoms with Crippen molar-refractivity contribution in [2.24, 2.45) is 7.05 Å². The van der Waals surface area contributed by atoms with Crippen molar-refractivity contribution in [3.63, 3.8) is 0 Å². The molecular formula is C19H19N3O. The second kappa shape index (κ2) is 5.54. The monoisotopic (exact) mass is 305 g/mol. The minimum absolute atomic E-state index is 0.190. The number of hydrogen-bond acceptors (Lipinski definition) is 2. The van der Waals surface area contributed by atoms with E-state index in [0.717, 1.165) is 36.1 Å². The summed E-state index contributed by atoms with van der Waals surface area (Å²) in [5.74, 6) is 0.190.